The molecule has 0 saturated carbocycles. The lowest BCUT2D eigenvalue weighted by molar-refractivity contribution is 0.0858. The highest BCUT2D eigenvalue weighted by Crippen LogP contribution is 2.21. The summed E-state index contributed by atoms with van der Waals surface area (Å²) in [4.78, 5) is 4.61. The third-order valence-corrected chi connectivity index (χ3v) is 5.58. The van der Waals surface area contributed by atoms with Gasteiger partial charge in [0, 0.05) is 30.9 Å². The van der Waals surface area contributed by atoms with Crippen LogP contribution in [0.5, 0.6) is 0 Å². The average Bonchev–Trinajstić information content (AvgIpc) is 2.76. The molecular formula is C16H23BrN2OSi. The molecule has 0 atom stereocenters. The van der Waals surface area contributed by atoms with Gasteiger partial charge in [-0.3, -0.25) is 0 Å². The van der Waals surface area contributed by atoms with Gasteiger partial charge >= 0.3 is 0 Å². The van der Waals surface area contributed by atoms with E-state index >= 15 is 0 Å². The Kier molecular flexibility index (Phi) is 5.41. The van der Waals surface area contributed by atoms with E-state index in [0.29, 0.717) is 6.73 Å². The molecule has 0 aliphatic heterocycles. The van der Waals surface area contributed by atoms with Crippen LogP contribution >= 0.6 is 15.9 Å². The molecule has 21 heavy (non-hydrogen) atoms. The van der Waals surface area contributed by atoms with Crippen LogP contribution in [-0.2, 0) is 11.5 Å². The van der Waals surface area contributed by atoms with E-state index in [1.165, 1.54) is 6.04 Å². The highest BCUT2D eigenvalue weighted by Gasteiger charge is 2.12. The van der Waals surface area contributed by atoms with Crippen LogP contribution in [0.1, 0.15) is 5.82 Å². The van der Waals surface area contributed by atoms with Gasteiger partial charge in [-0.1, -0.05) is 47.7 Å². The molecule has 0 saturated heterocycles. The van der Waals surface area contributed by atoms with Crippen molar-refractivity contribution in [1.29, 1.82) is 0 Å². The van der Waals surface area contributed by atoms with Crippen LogP contribution in [0.3, 0.4) is 0 Å². The number of benzene rings is 1. The third-order valence-electron chi connectivity index (χ3n) is 3.34. The number of rotatable bonds is 6. The number of aryl methyl sites for hydroxylation is 1. The molecule has 0 fully saturated rings. The van der Waals surface area contributed by atoms with E-state index in [4.69, 9.17) is 4.74 Å². The largest absolute Gasteiger partial charge is 0.361 e. The third kappa shape index (κ3) is 5.09. The lowest BCUT2D eigenvalue weighted by Gasteiger charge is -2.15. The maximum Gasteiger partial charge on any atom is 0.123 e. The number of nitrogens with zero attached hydrogens (tertiary/aromatic N) is 2. The minimum absolute atomic E-state index is 0.583. The fraction of sp³-hybridized carbons (Fsp3) is 0.438. The van der Waals surface area contributed by atoms with Gasteiger partial charge in [-0.25, -0.2) is 4.98 Å². The number of imidazole rings is 1. The van der Waals surface area contributed by atoms with Crippen molar-refractivity contribution in [3.05, 3.63) is 40.8 Å². The van der Waals surface area contributed by atoms with Crippen molar-refractivity contribution in [1.82, 2.24) is 9.55 Å². The van der Waals surface area contributed by atoms with Gasteiger partial charge in [0.25, 0.3) is 0 Å². The molecule has 0 aliphatic rings. The monoisotopic (exact) mass is 366 g/mol. The summed E-state index contributed by atoms with van der Waals surface area (Å²) in [6.45, 7) is 10.5. The molecule has 1 heterocycles. The normalized spacial score (nSPS) is 11.9. The molecule has 1 aromatic heterocycles. The standard InChI is InChI=1S/C16H23BrN2OSi/c1-13-18-16(14-5-7-15(17)8-6-14)11-19(13)12-20-9-10-21(2,3)4/h5-8,11H,9-10,12H2,1-4H3. The predicted molar refractivity (Wildman–Crippen MR) is 94.2 cm³/mol. The van der Waals surface area contributed by atoms with Crippen molar-refractivity contribution in [3.63, 3.8) is 0 Å². The average molecular weight is 367 g/mol. The van der Waals surface area contributed by atoms with Crippen LogP contribution in [0.2, 0.25) is 25.7 Å². The van der Waals surface area contributed by atoms with Crippen LogP contribution in [0.4, 0.5) is 0 Å². The van der Waals surface area contributed by atoms with Crippen LogP contribution < -0.4 is 0 Å². The van der Waals surface area contributed by atoms with Crippen LogP contribution in [0.15, 0.2) is 34.9 Å². The van der Waals surface area contributed by atoms with Gasteiger partial charge in [-0.15, -0.1) is 0 Å². The summed E-state index contributed by atoms with van der Waals surface area (Å²) in [5.41, 5.74) is 2.12. The highest BCUT2D eigenvalue weighted by molar-refractivity contribution is 9.10. The van der Waals surface area contributed by atoms with Gasteiger partial charge in [0.05, 0.1) is 5.69 Å². The minimum atomic E-state index is -1.02. The zero-order valence-corrected chi connectivity index (χ0v) is 15.8. The summed E-state index contributed by atoms with van der Waals surface area (Å²) in [5, 5.41) is 0. The molecule has 0 radical (unpaired) electrons. The van der Waals surface area contributed by atoms with Crippen LogP contribution in [-0.4, -0.2) is 24.2 Å². The zero-order chi connectivity index (χ0) is 15.5. The van der Waals surface area contributed by atoms with Gasteiger partial charge in [0.15, 0.2) is 0 Å². The molecule has 0 amide bonds. The molecule has 0 aliphatic carbocycles. The summed E-state index contributed by atoms with van der Waals surface area (Å²) < 4.78 is 8.95. The Bertz CT molecular complexity index is 587. The van der Waals surface area contributed by atoms with E-state index < -0.39 is 8.07 Å². The van der Waals surface area contributed by atoms with E-state index in [1.807, 2.05) is 19.1 Å². The first-order valence-electron chi connectivity index (χ1n) is 7.23. The second-order valence-corrected chi connectivity index (χ2v) is 13.0. The van der Waals surface area contributed by atoms with E-state index in [1.54, 1.807) is 0 Å². The molecule has 1 aromatic carbocycles. The molecule has 0 bridgehead atoms. The summed E-state index contributed by atoms with van der Waals surface area (Å²) in [6, 6.07) is 9.41. The smallest absolute Gasteiger partial charge is 0.123 e. The fourth-order valence-electron chi connectivity index (χ4n) is 1.94. The Balaban J connectivity index is 1.98. The maximum atomic E-state index is 5.80. The van der Waals surface area contributed by atoms with E-state index in [-0.39, 0.29) is 0 Å². The van der Waals surface area contributed by atoms with Crippen molar-refractivity contribution >= 4 is 24.0 Å². The lowest BCUT2D eigenvalue weighted by Crippen LogP contribution is -2.22. The van der Waals surface area contributed by atoms with Gasteiger partial charge in [0.2, 0.25) is 0 Å². The zero-order valence-electron chi connectivity index (χ0n) is 13.2. The SMILES string of the molecule is Cc1nc(-c2ccc(Br)cc2)cn1COCC[Si](C)(C)C. The van der Waals surface area contributed by atoms with Gasteiger partial charge in [-0.05, 0) is 25.1 Å². The molecule has 2 aromatic rings. The summed E-state index contributed by atoms with van der Waals surface area (Å²) >= 11 is 3.45. The fourth-order valence-corrected chi connectivity index (χ4v) is 2.96. The first-order valence-corrected chi connectivity index (χ1v) is 11.7. The Morgan fingerprint density at radius 2 is 1.86 bits per heavy atom. The number of hydrogen-bond donors (Lipinski definition) is 0. The number of aromatic nitrogens is 2. The molecule has 0 spiro atoms. The quantitative estimate of drug-likeness (QED) is 0.535. The first kappa shape index (κ1) is 16.5. The number of halogens is 1. The molecule has 3 nitrogen and oxygen atoms in total. The van der Waals surface area contributed by atoms with E-state index in [9.17, 15) is 0 Å². The second-order valence-electron chi connectivity index (χ2n) is 6.50. The summed E-state index contributed by atoms with van der Waals surface area (Å²) in [7, 11) is -1.02. The van der Waals surface area contributed by atoms with Crippen molar-refractivity contribution in [2.45, 2.75) is 39.3 Å². The summed E-state index contributed by atoms with van der Waals surface area (Å²) in [6.07, 6.45) is 2.06. The Morgan fingerprint density at radius 3 is 2.48 bits per heavy atom. The molecule has 0 N–H and O–H groups in total. The van der Waals surface area contributed by atoms with Crippen molar-refractivity contribution in [2.24, 2.45) is 0 Å². The molecule has 5 heteroatoms. The predicted octanol–water partition coefficient (Wildman–Crippen LogP) is 4.93. The van der Waals surface area contributed by atoms with E-state index in [0.717, 1.165) is 28.2 Å². The topological polar surface area (TPSA) is 27.1 Å². The minimum Gasteiger partial charge on any atom is -0.361 e. The summed E-state index contributed by atoms with van der Waals surface area (Å²) in [5.74, 6) is 0.987. The highest BCUT2D eigenvalue weighted by atomic mass is 79.9. The van der Waals surface area contributed by atoms with E-state index in [2.05, 4.69) is 63.5 Å². The van der Waals surface area contributed by atoms with Gasteiger partial charge in [-0.2, -0.15) is 0 Å². The van der Waals surface area contributed by atoms with Crippen molar-refractivity contribution in [3.8, 4) is 11.3 Å². The number of hydrogen-bond acceptors (Lipinski definition) is 2. The Labute approximate surface area is 136 Å². The molecular weight excluding hydrogens is 344 g/mol. The Morgan fingerprint density at radius 1 is 1.19 bits per heavy atom. The van der Waals surface area contributed by atoms with Crippen molar-refractivity contribution in [2.75, 3.05) is 6.61 Å². The first-order chi connectivity index (χ1) is 9.85. The van der Waals surface area contributed by atoms with Gasteiger partial charge < -0.3 is 9.30 Å². The van der Waals surface area contributed by atoms with Crippen molar-refractivity contribution < 1.29 is 4.74 Å². The lowest BCUT2D eigenvalue weighted by atomic mass is 10.2. The molecule has 2 rings (SSSR count). The second kappa shape index (κ2) is 6.90. The van der Waals surface area contributed by atoms with Crippen LogP contribution in [0, 0.1) is 6.92 Å². The Hall–Kier alpha value is -0.913. The number of ether oxygens (including phenoxy) is 1. The van der Waals surface area contributed by atoms with Crippen LogP contribution in [0.25, 0.3) is 11.3 Å². The van der Waals surface area contributed by atoms with Gasteiger partial charge in [0.1, 0.15) is 12.6 Å². The maximum absolute atomic E-state index is 5.80. The molecule has 0 unspecified atom stereocenters. The molecule has 114 valence electrons.